The predicted molar refractivity (Wildman–Crippen MR) is 63.7 cm³/mol. The molecule has 0 N–H and O–H groups in total. The van der Waals surface area contributed by atoms with Crippen LogP contribution in [0.5, 0.6) is 0 Å². The molecule has 3 heteroatoms. The van der Waals surface area contributed by atoms with Crippen LogP contribution >= 0.6 is 0 Å². The number of hydrogen-bond donors (Lipinski definition) is 0. The van der Waals surface area contributed by atoms with E-state index in [4.69, 9.17) is 4.74 Å². The molecule has 15 heavy (non-hydrogen) atoms. The molecule has 0 bridgehead atoms. The number of nitroso groups, excluding NO2 is 1. The van der Waals surface area contributed by atoms with Gasteiger partial charge >= 0.3 is 0 Å². The third kappa shape index (κ3) is 9.60. The van der Waals surface area contributed by atoms with Crippen molar-refractivity contribution in [3.05, 3.63) is 16.7 Å². The van der Waals surface area contributed by atoms with E-state index in [1.165, 1.54) is 32.1 Å². The maximum Gasteiger partial charge on any atom is 0.106 e. The van der Waals surface area contributed by atoms with Gasteiger partial charge in [0, 0.05) is 6.61 Å². The fourth-order valence-electron chi connectivity index (χ4n) is 1.32. The first kappa shape index (κ1) is 14.3. The van der Waals surface area contributed by atoms with Crippen LogP contribution < -0.4 is 0 Å². The van der Waals surface area contributed by atoms with Crippen LogP contribution in [0.25, 0.3) is 0 Å². The van der Waals surface area contributed by atoms with E-state index in [2.05, 4.69) is 12.1 Å². The van der Waals surface area contributed by atoms with Gasteiger partial charge in [-0.2, -0.15) is 0 Å². The van der Waals surface area contributed by atoms with Crippen molar-refractivity contribution in [1.82, 2.24) is 0 Å². The van der Waals surface area contributed by atoms with E-state index in [0.717, 1.165) is 13.0 Å². The van der Waals surface area contributed by atoms with Crippen molar-refractivity contribution >= 4 is 0 Å². The lowest BCUT2D eigenvalue weighted by molar-refractivity contribution is 0.150. The molecule has 88 valence electrons. The second-order valence-corrected chi connectivity index (χ2v) is 3.69. The summed E-state index contributed by atoms with van der Waals surface area (Å²) in [5.41, 5.74) is 0.487. The fourth-order valence-corrected chi connectivity index (χ4v) is 1.32. The average molecular weight is 213 g/mol. The summed E-state index contributed by atoms with van der Waals surface area (Å²) in [7, 11) is 0. The molecule has 0 amide bonds. The van der Waals surface area contributed by atoms with Gasteiger partial charge in [0.15, 0.2) is 0 Å². The van der Waals surface area contributed by atoms with E-state index in [9.17, 15) is 4.91 Å². The molecule has 0 heterocycles. The predicted octanol–water partition coefficient (Wildman–Crippen LogP) is 4.03. The second kappa shape index (κ2) is 11.4. The molecular weight excluding hydrogens is 190 g/mol. The number of ether oxygens (including phenoxy) is 1. The minimum absolute atomic E-state index is 0.356. The summed E-state index contributed by atoms with van der Waals surface area (Å²) in [6.07, 6.45) is 9.23. The minimum Gasteiger partial charge on any atom is -0.375 e. The summed E-state index contributed by atoms with van der Waals surface area (Å²) in [6, 6.07) is 0. The van der Waals surface area contributed by atoms with Gasteiger partial charge in [0.05, 0.1) is 6.61 Å². The summed E-state index contributed by atoms with van der Waals surface area (Å²) >= 11 is 0. The fraction of sp³-hybridized carbons (Fsp3) is 0.833. The van der Waals surface area contributed by atoms with E-state index in [1.54, 1.807) is 13.0 Å². The second-order valence-electron chi connectivity index (χ2n) is 3.69. The van der Waals surface area contributed by atoms with Gasteiger partial charge in [-0.15, -0.1) is 4.91 Å². The number of rotatable bonds is 10. The first-order valence-corrected chi connectivity index (χ1v) is 5.91. The van der Waals surface area contributed by atoms with E-state index in [-0.39, 0.29) is 0 Å². The first-order valence-electron chi connectivity index (χ1n) is 5.91. The quantitative estimate of drug-likeness (QED) is 0.406. The Bertz CT molecular complexity index is 178. The van der Waals surface area contributed by atoms with Gasteiger partial charge in [0.1, 0.15) is 5.70 Å². The Hall–Kier alpha value is -0.700. The van der Waals surface area contributed by atoms with Crippen LogP contribution in [-0.2, 0) is 4.74 Å². The van der Waals surface area contributed by atoms with E-state index < -0.39 is 0 Å². The lowest BCUT2D eigenvalue weighted by Crippen LogP contribution is -1.98. The van der Waals surface area contributed by atoms with Crippen molar-refractivity contribution < 1.29 is 4.74 Å². The van der Waals surface area contributed by atoms with Gasteiger partial charge in [-0.05, 0) is 18.5 Å². The molecule has 0 fully saturated rings. The smallest absolute Gasteiger partial charge is 0.106 e. The highest BCUT2D eigenvalue weighted by molar-refractivity contribution is 4.97. The molecular formula is C12H23NO2. The van der Waals surface area contributed by atoms with Crippen molar-refractivity contribution in [3.8, 4) is 0 Å². The van der Waals surface area contributed by atoms with Gasteiger partial charge in [-0.25, -0.2) is 0 Å². The SMILES string of the molecule is CC=C(COCCCCCCCC)N=O. The molecule has 3 nitrogen and oxygen atoms in total. The van der Waals surface area contributed by atoms with Crippen LogP contribution in [0, 0.1) is 4.91 Å². The standard InChI is InChI=1S/C12H23NO2/c1-3-5-6-7-8-9-10-15-11-12(4-2)13-14/h4H,3,5-11H2,1-2H3. The van der Waals surface area contributed by atoms with Crippen molar-refractivity contribution in [1.29, 1.82) is 0 Å². The van der Waals surface area contributed by atoms with Crippen molar-refractivity contribution in [2.24, 2.45) is 5.18 Å². The van der Waals surface area contributed by atoms with Gasteiger partial charge in [0.2, 0.25) is 0 Å². The maximum absolute atomic E-state index is 10.2. The lowest BCUT2D eigenvalue weighted by atomic mass is 10.1. The zero-order valence-electron chi connectivity index (χ0n) is 10.00. The Morgan fingerprint density at radius 2 is 1.87 bits per heavy atom. The highest BCUT2D eigenvalue weighted by Gasteiger charge is 1.95. The van der Waals surface area contributed by atoms with Crippen LogP contribution in [0.3, 0.4) is 0 Å². The molecule has 0 aromatic rings. The lowest BCUT2D eigenvalue weighted by Gasteiger charge is -2.02. The summed E-state index contributed by atoms with van der Waals surface area (Å²) in [6.45, 7) is 5.10. The summed E-state index contributed by atoms with van der Waals surface area (Å²) in [5, 5.41) is 2.85. The summed E-state index contributed by atoms with van der Waals surface area (Å²) in [5.74, 6) is 0. The third-order valence-corrected chi connectivity index (χ3v) is 2.34. The highest BCUT2D eigenvalue weighted by atomic mass is 16.5. The Morgan fingerprint density at radius 3 is 2.47 bits per heavy atom. The molecule has 0 aliphatic heterocycles. The number of nitrogens with zero attached hydrogens (tertiary/aromatic N) is 1. The maximum atomic E-state index is 10.2. The van der Waals surface area contributed by atoms with Gasteiger partial charge in [0.25, 0.3) is 0 Å². The molecule has 0 aromatic heterocycles. The third-order valence-electron chi connectivity index (χ3n) is 2.34. The average Bonchev–Trinajstić information content (AvgIpc) is 2.27. The molecule has 0 unspecified atom stereocenters. The van der Waals surface area contributed by atoms with E-state index >= 15 is 0 Å². The van der Waals surface area contributed by atoms with Gasteiger partial charge in [-0.3, -0.25) is 0 Å². The first-order chi connectivity index (χ1) is 7.35. The van der Waals surface area contributed by atoms with Crippen LogP contribution in [0.15, 0.2) is 16.9 Å². The normalized spacial score (nSPS) is 11.7. The van der Waals surface area contributed by atoms with E-state index in [0.29, 0.717) is 12.3 Å². The monoisotopic (exact) mass is 213 g/mol. The van der Waals surface area contributed by atoms with Crippen LogP contribution in [-0.4, -0.2) is 13.2 Å². The van der Waals surface area contributed by atoms with Crippen LogP contribution in [0.4, 0.5) is 0 Å². The molecule has 0 saturated carbocycles. The molecule has 0 aromatic carbocycles. The van der Waals surface area contributed by atoms with Crippen LogP contribution in [0.1, 0.15) is 52.4 Å². The van der Waals surface area contributed by atoms with Gasteiger partial charge in [-0.1, -0.05) is 45.1 Å². The van der Waals surface area contributed by atoms with Crippen LogP contribution in [0.2, 0.25) is 0 Å². The molecule has 0 aliphatic rings. The molecule has 0 radical (unpaired) electrons. The zero-order chi connectivity index (χ0) is 11.4. The number of hydrogen-bond acceptors (Lipinski definition) is 3. The molecule has 0 rings (SSSR count). The Labute approximate surface area is 92.9 Å². The molecule has 0 spiro atoms. The summed E-state index contributed by atoms with van der Waals surface area (Å²) < 4.78 is 5.32. The summed E-state index contributed by atoms with van der Waals surface area (Å²) in [4.78, 5) is 10.2. The van der Waals surface area contributed by atoms with Gasteiger partial charge < -0.3 is 4.74 Å². The van der Waals surface area contributed by atoms with Crippen molar-refractivity contribution in [3.63, 3.8) is 0 Å². The zero-order valence-corrected chi connectivity index (χ0v) is 10.00. The molecule has 0 atom stereocenters. The van der Waals surface area contributed by atoms with Crippen molar-refractivity contribution in [2.75, 3.05) is 13.2 Å². The number of unbranched alkanes of at least 4 members (excludes halogenated alkanes) is 5. The number of allylic oxidation sites excluding steroid dienone is 1. The topological polar surface area (TPSA) is 38.7 Å². The Morgan fingerprint density at radius 1 is 1.20 bits per heavy atom. The molecule has 0 saturated heterocycles. The van der Waals surface area contributed by atoms with Crippen molar-refractivity contribution in [2.45, 2.75) is 52.4 Å². The largest absolute Gasteiger partial charge is 0.375 e. The van der Waals surface area contributed by atoms with E-state index in [1.807, 2.05) is 0 Å². The Balaban J connectivity index is 3.14. The highest BCUT2D eigenvalue weighted by Crippen LogP contribution is 2.05. The Kier molecular flexibility index (Phi) is 10.8. The minimum atomic E-state index is 0.356. The molecule has 0 aliphatic carbocycles.